The summed E-state index contributed by atoms with van der Waals surface area (Å²) in [6.07, 6.45) is 5.50. The van der Waals surface area contributed by atoms with Crippen LogP contribution < -0.4 is 5.32 Å². The Hall–Kier alpha value is -1.35. The Balaban J connectivity index is 1.94. The van der Waals surface area contributed by atoms with Crippen LogP contribution in [0.1, 0.15) is 52.0 Å². The van der Waals surface area contributed by atoms with Gasteiger partial charge >= 0.3 is 0 Å². The zero-order valence-corrected chi connectivity index (χ0v) is 15.0. The molecule has 0 aliphatic carbocycles. The number of likely N-dealkylation sites (tertiary alicyclic amines) is 1. The molecule has 0 radical (unpaired) electrons. The minimum absolute atomic E-state index is 0.0458. The molecule has 1 aliphatic heterocycles. The van der Waals surface area contributed by atoms with Gasteiger partial charge < -0.3 is 5.32 Å². The van der Waals surface area contributed by atoms with Crippen LogP contribution in [0.15, 0.2) is 30.3 Å². The molecule has 3 heteroatoms. The largest absolute Gasteiger partial charge is 0.355 e. The summed E-state index contributed by atoms with van der Waals surface area (Å²) in [5.74, 6) is 0.174. The van der Waals surface area contributed by atoms with Crippen LogP contribution in [-0.4, -0.2) is 36.5 Å². The molecule has 1 fully saturated rings. The molecule has 0 saturated carbocycles. The monoisotopic (exact) mass is 316 g/mol. The molecule has 1 atom stereocenters. The summed E-state index contributed by atoms with van der Waals surface area (Å²) in [7, 11) is 0. The van der Waals surface area contributed by atoms with Crippen molar-refractivity contribution >= 4 is 5.91 Å². The summed E-state index contributed by atoms with van der Waals surface area (Å²) in [5.41, 5.74) is 1.40. The van der Waals surface area contributed by atoms with Crippen LogP contribution in [0.3, 0.4) is 0 Å². The Morgan fingerprint density at radius 2 is 1.78 bits per heavy atom. The third-order valence-corrected chi connectivity index (χ3v) is 4.45. The van der Waals surface area contributed by atoms with Crippen molar-refractivity contribution in [1.29, 1.82) is 0 Å². The molecule has 0 aromatic heterocycles. The zero-order chi connectivity index (χ0) is 16.7. The molecule has 23 heavy (non-hydrogen) atoms. The van der Waals surface area contributed by atoms with Crippen LogP contribution in [0.4, 0.5) is 0 Å². The Kier molecular flexibility index (Phi) is 6.64. The molecule has 1 heterocycles. The number of hydrogen-bond donors (Lipinski definition) is 1. The van der Waals surface area contributed by atoms with E-state index in [9.17, 15) is 4.79 Å². The number of benzene rings is 1. The lowest BCUT2D eigenvalue weighted by molar-refractivity contribution is -0.123. The van der Waals surface area contributed by atoms with E-state index in [0.717, 1.165) is 26.1 Å². The molecule has 128 valence electrons. The van der Waals surface area contributed by atoms with Gasteiger partial charge in [0.15, 0.2) is 0 Å². The SMILES string of the molecule is CC(C)(C)CC(=O)NCC(Cc1ccccc1)N1CCCCC1. The van der Waals surface area contributed by atoms with Gasteiger partial charge in [-0.05, 0) is 43.3 Å². The molecule has 2 rings (SSSR count). The first-order chi connectivity index (χ1) is 10.9. The van der Waals surface area contributed by atoms with E-state index >= 15 is 0 Å². The van der Waals surface area contributed by atoms with Crippen LogP contribution in [0.5, 0.6) is 0 Å². The molecule has 1 aliphatic rings. The molecule has 3 nitrogen and oxygen atoms in total. The molecule has 1 N–H and O–H groups in total. The lowest BCUT2D eigenvalue weighted by Gasteiger charge is -2.35. The van der Waals surface area contributed by atoms with E-state index < -0.39 is 0 Å². The van der Waals surface area contributed by atoms with Crippen molar-refractivity contribution in [2.24, 2.45) is 5.41 Å². The number of amides is 1. The van der Waals surface area contributed by atoms with E-state index in [1.807, 2.05) is 0 Å². The number of carbonyl (C=O) groups excluding carboxylic acids is 1. The predicted molar refractivity (Wildman–Crippen MR) is 96.4 cm³/mol. The average Bonchev–Trinajstić information content (AvgIpc) is 2.51. The van der Waals surface area contributed by atoms with Crippen molar-refractivity contribution in [3.05, 3.63) is 35.9 Å². The highest BCUT2D eigenvalue weighted by molar-refractivity contribution is 5.76. The quantitative estimate of drug-likeness (QED) is 0.869. The number of nitrogens with one attached hydrogen (secondary N) is 1. The van der Waals surface area contributed by atoms with Gasteiger partial charge in [-0.3, -0.25) is 9.69 Å². The van der Waals surface area contributed by atoms with Gasteiger partial charge in [0.2, 0.25) is 5.91 Å². The number of rotatable bonds is 6. The van der Waals surface area contributed by atoms with Gasteiger partial charge in [0.1, 0.15) is 0 Å². The van der Waals surface area contributed by atoms with Gasteiger partial charge in [-0.1, -0.05) is 57.5 Å². The summed E-state index contributed by atoms with van der Waals surface area (Å²) in [5, 5.41) is 3.18. The normalized spacial score (nSPS) is 17.7. The van der Waals surface area contributed by atoms with Crippen LogP contribution in [0.25, 0.3) is 0 Å². The van der Waals surface area contributed by atoms with Crippen LogP contribution in [-0.2, 0) is 11.2 Å². The van der Waals surface area contributed by atoms with Crippen LogP contribution in [0.2, 0.25) is 0 Å². The van der Waals surface area contributed by atoms with Crippen molar-refractivity contribution in [3.8, 4) is 0 Å². The molecular formula is C20H32N2O. The number of hydrogen-bond acceptors (Lipinski definition) is 2. The van der Waals surface area contributed by atoms with Gasteiger partial charge in [0, 0.05) is 19.0 Å². The van der Waals surface area contributed by atoms with Gasteiger partial charge in [0.05, 0.1) is 0 Å². The minimum Gasteiger partial charge on any atom is -0.355 e. The second kappa shape index (κ2) is 8.49. The molecule has 1 aromatic rings. The summed E-state index contributed by atoms with van der Waals surface area (Å²) < 4.78 is 0. The Morgan fingerprint density at radius 1 is 1.13 bits per heavy atom. The van der Waals surface area contributed by atoms with E-state index in [4.69, 9.17) is 0 Å². The van der Waals surface area contributed by atoms with E-state index in [2.05, 4.69) is 61.3 Å². The number of piperidine rings is 1. The summed E-state index contributed by atoms with van der Waals surface area (Å²) in [6, 6.07) is 11.0. The van der Waals surface area contributed by atoms with Gasteiger partial charge in [0.25, 0.3) is 0 Å². The standard InChI is InChI=1S/C20H32N2O/c1-20(2,3)15-19(23)21-16-18(22-12-8-5-9-13-22)14-17-10-6-4-7-11-17/h4,6-7,10-11,18H,5,8-9,12-16H2,1-3H3,(H,21,23). The maximum atomic E-state index is 12.2. The Morgan fingerprint density at radius 3 is 2.39 bits per heavy atom. The van der Waals surface area contributed by atoms with E-state index in [1.54, 1.807) is 0 Å². The second-order valence-electron chi connectivity index (χ2n) is 7.98. The molecule has 0 bridgehead atoms. The Bertz CT molecular complexity index is 472. The number of nitrogens with zero attached hydrogens (tertiary/aromatic N) is 1. The average molecular weight is 316 g/mol. The summed E-state index contributed by atoms with van der Waals surface area (Å²) >= 11 is 0. The lowest BCUT2D eigenvalue weighted by Crippen LogP contribution is -2.47. The van der Waals surface area contributed by atoms with E-state index in [1.165, 1.54) is 24.8 Å². The predicted octanol–water partition coefficient (Wildman–Crippen LogP) is 3.64. The molecular weight excluding hydrogens is 284 g/mol. The maximum absolute atomic E-state index is 12.2. The first-order valence-corrected chi connectivity index (χ1v) is 8.99. The fourth-order valence-corrected chi connectivity index (χ4v) is 3.28. The van der Waals surface area contributed by atoms with Crippen molar-refractivity contribution < 1.29 is 4.79 Å². The van der Waals surface area contributed by atoms with Gasteiger partial charge in [-0.15, -0.1) is 0 Å². The van der Waals surface area contributed by atoms with Crippen molar-refractivity contribution in [2.45, 2.75) is 58.9 Å². The maximum Gasteiger partial charge on any atom is 0.220 e. The third kappa shape index (κ3) is 6.74. The first-order valence-electron chi connectivity index (χ1n) is 8.99. The first kappa shape index (κ1) is 18.0. The smallest absolute Gasteiger partial charge is 0.220 e. The molecule has 1 unspecified atom stereocenters. The second-order valence-corrected chi connectivity index (χ2v) is 7.98. The highest BCUT2D eigenvalue weighted by Gasteiger charge is 2.22. The summed E-state index contributed by atoms with van der Waals surface area (Å²) in [6.45, 7) is 9.40. The van der Waals surface area contributed by atoms with Crippen LogP contribution >= 0.6 is 0 Å². The van der Waals surface area contributed by atoms with Crippen molar-refractivity contribution in [3.63, 3.8) is 0 Å². The minimum atomic E-state index is 0.0458. The molecule has 1 amide bonds. The molecule has 0 spiro atoms. The van der Waals surface area contributed by atoms with Gasteiger partial charge in [-0.25, -0.2) is 0 Å². The highest BCUT2D eigenvalue weighted by atomic mass is 16.1. The zero-order valence-electron chi connectivity index (χ0n) is 15.0. The van der Waals surface area contributed by atoms with Crippen LogP contribution in [0, 0.1) is 5.41 Å². The summed E-state index contributed by atoms with van der Waals surface area (Å²) in [4.78, 5) is 14.7. The third-order valence-electron chi connectivity index (χ3n) is 4.45. The fraction of sp³-hybridized carbons (Fsp3) is 0.650. The molecule has 1 aromatic carbocycles. The Labute approximate surface area is 141 Å². The van der Waals surface area contributed by atoms with E-state index in [-0.39, 0.29) is 11.3 Å². The molecule has 1 saturated heterocycles. The lowest BCUT2D eigenvalue weighted by atomic mass is 9.92. The van der Waals surface area contributed by atoms with E-state index in [0.29, 0.717) is 12.5 Å². The number of carbonyl (C=O) groups is 1. The topological polar surface area (TPSA) is 32.3 Å². The highest BCUT2D eigenvalue weighted by Crippen LogP contribution is 2.19. The fourth-order valence-electron chi connectivity index (χ4n) is 3.28. The van der Waals surface area contributed by atoms with Crippen molar-refractivity contribution in [2.75, 3.05) is 19.6 Å². The van der Waals surface area contributed by atoms with Crippen molar-refractivity contribution in [1.82, 2.24) is 10.2 Å². The van der Waals surface area contributed by atoms with Gasteiger partial charge in [-0.2, -0.15) is 0 Å².